The molecule has 0 bridgehead atoms. The maximum absolute atomic E-state index is 13.0. The molecule has 14 atom stereocenters. The Kier molecular flexibility index (Phi) is 20.9. The van der Waals surface area contributed by atoms with Crippen LogP contribution < -0.4 is 0 Å². The minimum absolute atomic E-state index is 0.0659. The van der Waals surface area contributed by atoms with E-state index in [1.165, 1.54) is 44.2 Å². The molecule has 2 aliphatic heterocycles. The maximum atomic E-state index is 13.0. The molecular formula is C48H60O22. The van der Waals surface area contributed by atoms with Gasteiger partial charge in [-0.05, 0) is 51.5 Å². The number of carboxylic acids is 1. The summed E-state index contributed by atoms with van der Waals surface area (Å²) in [6.45, 7) is 5.09. The van der Waals surface area contributed by atoms with Crippen LogP contribution in [0.1, 0.15) is 46.1 Å². The molecule has 12 N–H and O–H groups in total. The molecular weight excluding hydrogens is 929 g/mol. The van der Waals surface area contributed by atoms with Gasteiger partial charge in [0.15, 0.2) is 29.5 Å². The number of phenols is 2. The first-order chi connectivity index (χ1) is 33.0. The molecule has 0 amide bonds. The highest BCUT2D eigenvalue weighted by Gasteiger charge is 2.53. The van der Waals surface area contributed by atoms with Crippen molar-refractivity contribution in [3.63, 3.8) is 0 Å². The summed E-state index contributed by atoms with van der Waals surface area (Å²) in [5, 5.41) is 121. The Morgan fingerprint density at radius 3 is 1.76 bits per heavy atom. The molecule has 22 nitrogen and oxygen atoms in total. The number of aliphatic hydroxyl groups excluding tert-OH is 8. The van der Waals surface area contributed by atoms with Crippen LogP contribution in [0.15, 0.2) is 107 Å². The summed E-state index contributed by atoms with van der Waals surface area (Å²) in [7, 11) is 0. The van der Waals surface area contributed by atoms with Crippen molar-refractivity contribution in [2.75, 3.05) is 13.2 Å². The third-order valence-electron chi connectivity index (χ3n) is 11.2. The lowest BCUT2D eigenvalue weighted by atomic mass is 9.79. The number of phenolic OH excluding ortho intramolecular Hbond substituents is 2. The number of aliphatic hydroxyl groups is 9. The average molecular weight is 989 g/mol. The van der Waals surface area contributed by atoms with Crippen LogP contribution in [0.4, 0.5) is 0 Å². The minimum Gasteiger partial charge on any atom is -0.504 e. The number of ether oxygens (including phenoxy) is 6. The molecule has 4 unspecified atom stereocenters. The Bertz CT molecular complexity index is 2260. The third-order valence-corrected chi connectivity index (χ3v) is 11.2. The van der Waals surface area contributed by atoms with Crippen molar-refractivity contribution in [3.8, 4) is 11.5 Å². The van der Waals surface area contributed by atoms with E-state index in [1.807, 2.05) is 0 Å². The Balaban J connectivity index is 1.28. The van der Waals surface area contributed by atoms with Gasteiger partial charge in [-0.25, -0.2) is 19.2 Å². The number of carboxylic acid groups (broad SMARTS) is 1. The molecule has 4 rings (SSSR count). The van der Waals surface area contributed by atoms with Gasteiger partial charge in [-0.3, -0.25) is 0 Å². The van der Waals surface area contributed by atoms with E-state index in [0.29, 0.717) is 5.56 Å². The van der Waals surface area contributed by atoms with E-state index in [-0.39, 0.29) is 16.9 Å². The van der Waals surface area contributed by atoms with Gasteiger partial charge in [-0.1, -0.05) is 78.0 Å². The predicted molar refractivity (Wildman–Crippen MR) is 241 cm³/mol. The van der Waals surface area contributed by atoms with E-state index in [0.717, 1.165) is 23.3 Å². The topological polar surface area (TPSA) is 366 Å². The van der Waals surface area contributed by atoms with Gasteiger partial charge in [0.1, 0.15) is 54.9 Å². The first-order valence-corrected chi connectivity index (χ1v) is 21.8. The summed E-state index contributed by atoms with van der Waals surface area (Å²) >= 11 is 0. The molecule has 1 saturated carbocycles. The van der Waals surface area contributed by atoms with E-state index in [2.05, 4.69) is 0 Å². The molecule has 1 aromatic carbocycles. The van der Waals surface area contributed by atoms with Crippen LogP contribution in [0.2, 0.25) is 0 Å². The van der Waals surface area contributed by atoms with Crippen molar-refractivity contribution in [1.29, 1.82) is 0 Å². The van der Waals surface area contributed by atoms with Gasteiger partial charge >= 0.3 is 23.9 Å². The Labute approximate surface area is 401 Å². The molecule has 22 heteroatoms. The van der Waals surface area contributed by atoms with Crippen LogP contribution >= 0.6 is 0 Å². The fourth-order valence-electron chi connectivity index (χ4n) is 6.99. The van der Waals surface area contributed by atoms with E-state index >= 15 is 0 Å². The summed E-state index contributed by atoms with van der Waals surface area (Å²) in [5.74, 6) is -5.41. The standard InChI is InChI=1S/C48H60O22/c1-24(11-7-13-26(3)43(60)69-42-31(52)20-48(64,47(62)63)21-32(42)66-35(53)18-16-28-15-17-29(50)30(51)19-28)9-5-6-10-25(2)12-8-14-27(4)44(61)70-46-41(59)39(57)37(55)34(68-46)23-65-45-40(58)38(56)36(54)33(22-49)67-45/h5-19,31-34,36-42,45-46,49-52,54-59,64H,20-23H2,1-4H3,(H,62,63)/b6-5+,11-7+,12-8+,18-16+,24-9+,25-10+,26-13+,27-14+/t31-,32-,33?,34?,36-,37-,38+,39+,40?,41?,42-,45-,46+,48+/m1/s1. The SMILES string of the molecule is CC(/C=C/C=C(\C)C(=O)O[C@@H]1OC(CO[C@@H]2OC(CO)[C@@H](O)[C@H](O)C2O)[C@@H](O)[C@H](O)C1O)=C\C=C\C=C(C)\C=C\C=C(/C)C(=O)O[C@@H]1[C@H](O)C[C@@](O)(C(=O)O)C[C@H]1OC(=O)/C=C/c1ccc(O)c(O)c1. The zero-order valence-corrected chi connectivity index (χ0v) is 38.4. The number of aliphatic carboxylic acids is 1. The second-order valence-corrected chi connectivity index (χ2v) is 16.8. The second kappa shape index (κ2) is 25.8. The zero-order chi connectivity index (χ0) is 52.0. The second-order valence-electron chi connectivity index (χ2n) is 16.8. The average Bonchev–Trinajstić information content (AvgIpc) is 3.31. The molecule has 1 aromatic rings. The van der Waals surface area contributed by atoms with Gasteiger partial charge in [0, 0.05) is 30.1 Å². The Morgan fingerprint density at radius 1 is 0.657 bits per heavy atom. The summed E-state index contributed by atoms with van der Waals surface area (Å²) in [6.07, 6.45) is -4.47. The van der Waals surface area contributed by atoms with Gasteiger partial charge in [0.2, 0.25) is 6.29 Å². The Hall–Kier alpha value is -5.86. The highest BCUT2D eigenvalue weighted by molar-refractivity contribution is 5.89. The zero-order valence-electron chi connectivity index (χ0n) is 38.4. The number of benzene rings is 1. The number of rotatable bonds is 18. The lowest BCUT2D eigenvalue weighted by molar-refractivity contribution is -0.326. The first kappa shape index (κ1) is 56.7. The molecule has 70 heavy (non-hydrogen) atoms. The predicted octanol–water partition coefficient (Wildman–Crippen LogP) is -0.474. The van der Waals surface area contributed by atoms with Crippen molar-refractivity contribution in [2.45, 2.75) is 126 Å². The lowest BCUT2D eigenvalue weighted by Crippen LogP contribution is -2.61. The molecule has 2 saturated heterocycles. The normalized spacial score (nSPS) is 32.7. The fourth-order valence-corrected chi connectivity index (χ4v) is 6.99. The number of esters is 3. The van der Waals surface area contributed by atoms with Crippen LogP contribution in [-0.4, -0.2) is 184 Å². The quantitative estimate of drug-likeness (QED) is 0.0291. The molecule has 3 fully saturated rings. The monoisotopic (exact) mass is 988 g/mol. The lowest BCUT2D eigenvalue weighted by Gasteiger charge is -2.42. The number of carbonyl (C=O) groups excluding carboxylic acids is 3. The third kappa shape index (κ3) is 15.6. The summed E-state index contributed by atoms with van der Waals surface area (Å²) in [4.78, 5) is 50.4. The van der Waals surface area contributed by atoms with E-state index in [9.17, 15) is 80.5 Å². The van der Waals surface area contributed by atoms with Gasteiger partial charge in [-0.15, -0.1) is 0 Å². The highest BCUT2D eigenvalue weighted by atomic mass is 16.7. The van der Waals surface area contributed by atoms with Crippen LogP contribution in [0.5, 0.6) is 11.5 Å². The molecule has 0 spiro atoms. The van der Waals surface area contributed by atoms with Crippen LogP contribution in [0, 0.1) is 0 Å². The maximum Gasteiger partial charge on any atom is 0.336 e. The van der Waals surface area contributed by atoms with Crippen LogP contribution in [-0.2, 0) is 47.6 Å². The summed E-state index contributed by atoms with van der Waals surface area (Å²) in [6, 6.07) is 3.73. The van der Waals surface area contributed by atoms with Crippen molar-refractivity contribution in [1.82, 2.24) is 0 Å². The smallest absolute Gasteiger partial charge is 0.336 e. The highest BCUT2D eigenvalue weighted by Crippen LogP contribution is 2.34. The number of hydrogen-bond donors (Lipinski definition) is 12. The van der Waals surface area contributed by atoms with E-state index in [1.54, 1.807) is 62.5 Å². The molecule has 0 radical (unpaired) electrons. The fraction of sp³-hybridized carbons (Fsp3) is 0.458. The molecule has 1 aliphatic carbocycles. The van der Waals surface area contributed by atoms with Gasteiger partial charge < -0.3 is 89.7 Å². The van der Waals surface area contributed by atoms with E-state index < -0.39 is 141 Å². The van der Waals surface area contributed by atoms with Gasteiger partial charge in [-0.2, -0.15) is 0 Å². The van der Waals surface area contributed by atoms with Crippen molar-refractivity contribution >= 4 is 30.0 Å². The number of carbonyl (C=O) groups is 4. The molecule has 0 aromatic heterocycles. The Morgan fingerprint density at radius 2 is 1.20 bits per heavy atom. The van der Waals surface area contributed by atoms with Crippen molar-refractivity contribution in [2.24, 2.45) is 0 Å². The molecule has 384 valence electrons. The van der Waals surface area contributed by atoms with Gasteiger partial charge in [0.25, 0.3) is 0 Å². The summed E-state index contributed by atoms with van der Waals surface area (Å²) < 4.78 is 32.1. The van der Waals surface area contributed by atoms with Crippen molar-refractivity contribution < 1.29 is 109 Å². The first-order valence-electron chi connectivity index (χ1n) is 21.8. The van der Waals surface area contributed by atoms with Crippen LogP contribution in [0.25, 0.3) is 6.08 Å². The largest absolute Gasteiger partial charge is 0.504 e. The molecule has 2 heterocycles. The summed E-state index contributed by atoms with van der Waals surface area (Å²) in [5.41, 5.74) is -0.549. The van der Waals surface area contributed by atoms with E-state index in [4.69, 9.17) is 28.4 Å². The number of allylic oxidation sites excluding steroid dienone is 12. The number of hydrogen-bond acceptors (Lipinski definition) is 21. The van der Waals surface area contributed by atoms with Crippen molar-refractivity contribution in [3.05, 3.63) is 113 Å². The van der Waals surface area contributed by atoms with Gasteiger partial charge in [0.05, 0.1) is 19.3 Å². The number of aromatic hydroxyl groups is 2. The molecule has 3 aliphatic rings. The minimum atomic E-state index is -2.50. The van der Waals surface area contributed by atoms with Crippen LogP contribution in [0.3, 0.4) is 0 Å².